The van der Waals surface area contributed by atoms with E-state index in [0.717, 1.165) is 38.0 Å². The van der Waals surface area contributed by atoms with Crippen LogP contribution in [0.4, 0.5) is 5.69 Å². The number of piperidine rings is 1. The van der Waals surface area contributed by atoms with E-state index in [9.17, 15) is 9.59 Å². The van der Waals surface area contributed by atoms with Crippen molar-refractivity contribution in [3.8, 4) is 0 Å². The first kappa shape index (κ1) is 15.9. The molecule has 0 aliphatic carbocycles. The smallest absolute Gasteiger partial charge is 0.253 e. The highest BCUT2D eigenvalue weighted by Gasteiger charge is 2.26. The number of anilines is 1. The standard InChI is InChI=1S/C19H22N4O2/c24-18-4-2-11-23(18)16-7-5-15(6-8-16)19(25)21-10-1-3-17(13-21)22-12-9-20-14-22/h5-9,12,14,17H,1-4,10-11,13H2. The molecule has 2 aliphatic heterocycles. The summed E-state index contributed by atoms with van der Waals surface area (Å²) in [7, 11) is 0. The van der Waals surface area contributed by atoms with Gasteiger partial charge in [-0.15, -0.1) is 0 Å². The van der Waals surface area contributed by atoms with Crippen molar-refractivity contribution in [2.45, 2.75) is 31.7 Å². The zero-order valence-electron chi connectivity index (χ0n) is 14.2. The van der Waals surface area contributed by atoms with Gasteiger partial charge < -0.3 is 14.4 Å². The number of carbonyl (C=O) groups is 2. The van der Waals surface area contributed by atoms with Crippen LogP contribution in [0.3, 0.4) is 0 Å². The summed E-state index contributed by atoms with van der Waals surface area (Å²) in [5.74, 6) is 0.224. The number of benzene rings is 1. The Labute approximate surface area is 147 Å². The van der Waals surface area contributed by atoms with Gasteiger partial charge in [0, 0.05) is 49.7 Å². The molecule has 0 bridgehead atoms. The van der Waals surface area contributed by atoms with Crippen molar-refractivity contribution in [1.29, 1.82) is 0 Å². The zero-order chi connectivity index (χ0) is 17.2. The third-order valence-corrected chi connectivity index (χ3v) is 5.13. The lowest BCUT2D eigenvalue weighted by molar-refractivity contribution is -0.117. The fourth-order valence-corrected chi connectivity index (χ4v) is 3.76. The van der Waals surface area contributed by atoms with Crippen LogP contribution in [-0.4, -0.2) is 45.9 Å². The van der Waals surface area contributed by atoms with E-state index >= 15 is 0 Å². The topological polar surface area (TPSA) is 58.4 Å². The van der Waals surface area contributed by atoms with Crippen LogP contribution in [0.25, 0.3) is 0 Å². The Balaban J connectivity index is 1.46. The number of hydrogen-bond donors (Lipinski definition) is 0. The first-order valence-corrected chi connectivity index (χ1v) is 8.89. The first-order chi connectivity index (χ1) is 12.2. The van der Waals surface area contributed by atoms with Crippen LogP contribution in [0.1, 0.15) is 42.1 Å². The van der Waals surface area contributed by atoms with Gasteiger partial charge in [0.1, 0.15) is 0 Å². The van der Waals surface area contributed by atoms with Crippen molar-refractivity contribution in [3.05, 3.63) is 48.5 Å². The van der Waals surface area contributed by atoms with Crippen molar-refractivity contribution in [2.24, 2.45) is 0 Å². The molecule has 2 aliphatic rings. The summed E-state index contributed by atoms with van der Waals surface area (Å²) < 4.78 is 2.08. The van der Waals surface area contributed by atoms with Gasteiger partial charge in [0.25, 0.3) is 5.91 Å². The van der Waals surface area contributed by atoms with Crippen molar-refractivity contribution < 1.29 is 9.59 Å². The lowest BCUT2D eigenvalue weighted by Crippen LogP contribution is -2.40. The average Bonchev–Trinajstić information content (AvgIpc) is 3.33. The molecule has 3 heterocycles. The fourth-order valence-electron chi connectivity index (χ4n) is 3.76. The van der Waals surface area contributed by atoms with Crippen molar-refractivity contribution in [2.75, 3.05) is 24.5 Å². The number of likely N-dealkylation sites (tertiary alicyclic amines) is 1. The minimum absolute atomic E-state index is 0.0594. The van der Waals surface area contributed by atoms with Gasteiger partial charge in [0.05, 0.1) is 12.4 Å². The van der Waals surface area contributed by atoms with E-state index in [4.69, 9.17) is 0 Å². The van der Waals surface area contributed by atoms with Crippen molar-refractivity contribution >= 4 is 17.5 Å². The van der Waals surface area contributed by atoms with E-state index in [2.05, 4.69) is 9.55 Å². The van der Waals surface area contributed by atoms with Gasteiger partial charge in [-0.2, -0.15) is 0 Å². The molecule has 2 saturated heterocycles. The molecule has 25 heavy (non-hydrogen) atoms. The van der Waals surface area contributed by atoms with E-state index < -0.39 is 0 Å². The quantitative estimate of drug-likeness (QED) is 0.864. The normalized spacial score (nSPS) is 21.0. The second-order valence-electron chi connectivity index (χ2n) is 6.75. The number of imidazole rings is 1. The highest BCUT2D eigenvalue weighted by Crippen LogP contribution is 2.25. The maximum absolute atomic E-state index is 12.8. The van der Waals surface area contributed by atoms with Crippen LogP contribution in [0.2, 0.25) is 0 Å². The van der Waals surface area contributed by atoms with E-state index in [-0.39, 0.29) is 11.8 Å². The van der Waals surface area contributed by atoms with E-state index in [1.807, 2.05) is 41.7 Å². The minimum Gasteiger partial charge on any atom is -0.337 e. The number of nitrogens with zero attached hydrogens (tertiary/aromatic N) is 4. The maximum atomic E-state index is 12.8. The molecular formula is C19H22N4O2. The molecule has 6 heteroatoms. The molecule has 0 spiro atoms. The molecule has 6 nitrogen and oxygen atoms in total. The van der Waals surface area contributed by atoms with E-state index in [1.165, 1.54) is 0 Å². The molecule has 2 fully saturated rings. The number of amides is 2. The molecule has 2 aromatic rings. The second-order valence-corrected chi connectivity index (χ2v) is 6.75. The van der Waals surface area contributed by atoms with Gasteiger partial charge in [0.2, 0.25) is 5.91 Å². The summed E-state index contributed by atoms with van der Waals surface area (Å²) >= 11 is 0. The Morgan fingerprint density at radius 1 is 1.12 bits per heavy atom. The lowest BCUT2D eigenvalue weighted by atomic mass is 10.0. The second kappa shape index (κ2) is 6.70. The molecule has 1 aromatic carbocycles. The molecular weight excluding hydrogens is 316 g/mol. The van der Waals surface area contributed by atoms with Crippen LogP contribution < -0.4 is 4.90 Å². The molecule has 1 atom stereocenters. The molecule has 4 rings (SSSR count). The monoisotopic (exact) mass is 338 g/mol. The van der Waals surface area contributed by atoms with Gasteiger partial charge in [-0.3, -0.25) is 9.59 Å². The van der Waals surface area contributed by atoms with Crippen molar-refractivity contribution in [1.82, 2.24) is 14.5 Å². The summed E-state index contributed by atoms with van der Waals surface area (Å²) in [5.41, 5.74) is 1.57. The van der Waals surface area contributed by atoms with E-state index in [1.54, 1.807) is 11.1 Å². The van der Waals surface area contributed by atoms with Gasteiger partial charge in [-0.1, -0.05) is 0 Å². The molecule has 1 aromatic heterocycles. The third kappa shape index (κ3) is 3.16. The highest BCUT2D eigenvalue weighted by molar-refractivity contribution is 5.97. The largest absolute Gasteiger partial charge is 0.337 e. The SMILES string of the molecule is O=C(c1ccc(N2CCCC2=O)cc1)N1CCCC(n2ccnc2)C1. The first-order valence-electron chi connectivity index (χ1n) is 8.89. The highest BCUT2D eigenvalue weighted by atomic mass is 16.2. The van der Waals surface area contributed by atoms with Gasteiger partial charge in [0.15, 0.2) is 0 Å². The Morgan fingerprint density at radius 3 is 2.64 bits per heavy atom. The molecule has 2 amide bonds. The van der Waals surface area contributed by atoms with Crippen LogP contribution in [0, 0.1) is 0 Å². The van der Waals surface area contributed by atoms with Crippen LogP contribution in [0.15, 0.2) is 43.0 Å². The summed E-state index contributed by atoms with van der Waals surface area (Å²) in [6, 6.07) is 7.73. The third-order valence-electron chi connectivity index (χ3n) is 5.13. The number of aromatic nitrogens is 2. The number of carbonyl (C=O) groups excluding carboxylic acids is 2. The van der Waals surface area contributed by atoms with Gasteiger partial charge in [-0.05, 0) is 43.5 Å². The van der Waals surface area contributed by atoms with Gasteiger partial charge >= 0.3 is 0 Å². The lowest BCUT2D eigenvalue weighted by Gasteiger charge is -2.33. The average molecular weight is 338 g/mol. The maximum Gasteiger partial charge on any atom is 0.253 e. The summed E-state index contributed by atoms with van der Waals surface area (Å²) in [6.45, 7) is 2.27. The number of rotatable bonds is 3. The summed E-state index contributed by atoms with van der Waals surface area (Å²) in [5, 5.41) is 0. The van der Waals surface area contributed by atoms with Crippen LogP contribution in [0.5, 0.6) is 0 Å². The fraction of sp³-hybridized carbons (Fsp3) is 0.421. The Bertz CT molecular complexity index is 754. The zero-order valence-corrected chi connectivity index (χ0v) is 14.2. The minimum atomic E-state index is 0.0594. The number of hydrogen-bond acceptors (Lipinski definition) is 3. The predicted molar refractivity (Wildman–Crippen MR) is 94.4 cm³/mol. The Morgan fingerprint density at radius 2 is 1.96 bits per heavy atom. The molecule has 130 valence electrons. The Kier molecular flexibility index (Phi) is 4.26. The summed E-state index contributed by atoms with van der Waals surface area (Å²) in [6.07, 6.45) is 9.14. The van der Waals surface area contributed by atoms with Gasteiger partial charge in [-0.25, -0.2) is 4.98 Å². The van der Waals surface area contributed by atoms with Crippen molar-refractivity contribution in [3.63, 3.8) is 0 Å². The molecule has 0 N–H and O–H groups in total. The van der Waals surface area contributed by atoms with E-state index in [0.29, 0.717) is 24.6 Å². The van der Waals surface area contributed by atoms with Crippen LogP contribution in [-0.2, 0) is 4.79 Å². The predicted octanol–water partition coefficient (Wildman–Crippen LogP) is 2.49. The van der Waals surface area contributed by atoms with Crippen LogP contribution >= 0.6 is 0 Å². The molecule has 0 radical (unpaired) electrons. The molecule has 0 saturated carbocycles. The Hall–Kier alpha value is -2.63. The molecule has 1 unspecified atom stereocenters. The summed E-state index contributed by atoms with van der Waals surface area (Å²) in [4.78, 5) is 32.5.